The van der Waals surface area contributed by atoms with Gasteiger partial charge in [-0.25, -0.2) is 9.97 Å². The zero-order valence-corrected chi connectivity index (χ0v) is 14.5. The molecule has 5 nitrogen and oxygen atoms in total. The second kappa shape index (κ2) is 8.05. The van der Waals surface area contributed by atoms with Crippen LogP contribution in [0.2, 0.25) is 0 Å². The van der Waals surface area contributed by atoms with Crippen molar-refractivity contribution < 1.29 is 22.7 Å². The molecule has 1 aliphatic rings. The lowest BCUT2D eigenvalue weighted by Gasteiger charge is -2.30. The number of ether oxygens (including phenoxy) is 1. The molecule has 1 atom stereocenters. The van der Waals surface area contributed by atoms with Crippen molar-refractivity contribution >= 4 is 17.7 Å². The van der Waals surface area contributed by atoms with Gasteiger partial charge in [-0.3, -0.25) is 4.79 Å². The Morgan fingerprint density at radius 1 is 1.15 bits per heavy atom. The number of nitrogens with zero attached hydrogens (tertiary/aromatic N) is 3. The Morgan fingerprint density at radius 3 is 2.50 bits per heavy atom. The second-order valence-electron chi connectivity index (χ2n) is 5.57. The van der Waals surface area contributed by atoms with Crippen molar-refractivity contribution in [2.75, 3.05) is 26.3 Å². The summed E-state index contributed by atoms with van der Waals surface area (Å²) in [4.78, 5) is 22.1. The van der Waals surface area contributed by atoms with Crippen molar-refractivity contribution in [2.24, 2.45) is 0 Å². The summed E-state index contributed by atoms with van der Waals surface area (Å²) in [6.07, 6.45) is -3.51. The summed E-state index contributed by atoms with van der Waals surface area (Å²) in [6, 6.07) is 9.72. The van der Waals surface area contributed by atoms with Gasteiger partial charge in [0.05, 0.1) is 13.2 Å². The van der Waals surface area contributed by atoms with E-state index < -0.39 is 17.1 Å². The van der Waals surface area contributed by atoms with E-state index in [1.165, 1.54) is 0 Å². The number of alkyl halides is 3. The van der Waals surface area contributed by atoms with Crippen LogP contribution in [0.15, 0.2) is 47.8 Å². The number of hydrogen-bond donors (Lipinski definition) is 0. The van der Waals surface area contributed by atoms with Gasteiger partial charge in [-0.15, -0.1) is 0 Å². The lowest BCUT2D eigenvalue weighted by Crippen LogP contribution is -2.42. The molecular weight excluding hydrogens is 367 g/mol. The van der Waals surface area contributed by atoms with Gasteiger partial charge >= 0.3 is 6.18 Å². The molecule has 1 fully saturated rings. The van der Waals surface area contributed by atoms with Gasteiger partial charge in [0.15, 0.2) is 5.16 Å². The van der Waals surface area contributed by atoms with Crippen LogP contribution >= 0.6 is 11.8 Å². The van der Waals surface area contributed by atoms with Crippen molar-refractivity contribution in [3.05, 3.63) is 53.9 Å². The molecular formula is C17H16F3N3O2S. The summed E-state index contributed by atoms with van der Waals surface area (Å²) in [5.74, 6) is -0.189. The number of halogens is 3. The number of carbonyl (C=O) groups excluding carboxylic acids is 1. The zero-order valence-electron chi connectivity index (χ0n) is 13.6. The minimum absolute atomic E-state index is 0.0877. The summed E-state index contributed by atoms with van der Waals surface area (Å²) in [7, 11) is 0. The molecule has 2 aromatic rings. The highest BCUT2D eigenvalue weighted by Gasteiger charge is 2.34. The van der Waals surface area contributed by atoms with E-state index in [-0.39, 0.29) is 11.1 Å². The highest BCUT2D eigenvalue weighted by atomic mass is 32.2. The van der Waals surface area contributed by atoms with Crippen LogP contribution in [0.5, 0.6) is 0 Å². The van der Waals surface area contributed by atoms with E-state index in [4.69, 9.17) is 4.74 Å². The van der Waals surface area contributed by atoms with Gasteiger partial charge in [0.1, 0.15) is 10.9 Å². The SMILES string of the molecule is O=C([C@@H](Sc1nccc(C(F)(F)F)n1)c1ccccc1)N1CCOCC1. The minimum Gasteiger partial charge on any atom is -0.378 e. The van der Waals surface area contributed by atoms with Crippen molar-refractivity contribution in [2.45, 2.75) is 16.6 Å². The first-order valence-corrected chi connectivity index (χ1v) is 8.81. The maximum absolute atomic E-state index is 13.0. The average molecular weight is 383 g/mol. The third-order valence-corrected chi connectivity index (χ3v) is 4.91. The number of morpholine rings is 1. The maximum atomic E-state index is 13.0. The smallest absolute Gasteiger partial charge is 0.378 e. The van der Waals surface area contributed by atoms with Gasteiger partial charge in [-0.1, -0.05) is 42.1 Å². The predicted octanol–water partition coefficient (Wildman–Crippen LogP) is 3.19. The molecule has 1 aromatic heterocycles. The van der Waals surface area contributed by atoms with Crippen LogP contribution in [0.3, 0.4) is 0 Å². The van der Waals surface area contributed by atoms with E-state index in [0.29, 0.717) is 31.9 Å². The molecule has 0 spiro atoms. The number of thioether (sulfide) groups is 1. The average Bonchev–Trinajstić information content (AvgIpc) is 2.66. The Labute approximate surface area is 152 Å². The van der Waals surface area contributed by atoms with Crippen molar-refractivity contribution in [1.82, 2.24) is 14.9 Å². The van der Waals surface area contributed by atoms with Gasteiger partial charge in [-0.05, 0) is 11.6 Å². The van der Waals surface area contributed by atoms with E-state index in [0.717, 1.165) is 24.0 Å². The molecule has 0 N–H and O–H groups in total. The fourth-order valence-electron chi connectivity index (χ4n) is 2.50. The minimum atomic E-state index is -4.56. The Balaban J connectivity index is 1.88. The van der Waals surface area contributed by atoms with Crippen LogP contribution < -0.4 is 0 Å². The van der Waals surface area contributed by atoms with Gasteiger partial charge < -0.3 is 9.64 Å². The lowest BCUT2D eigenvalue weighted by atomic mass is 10.1. The van der Waals surface area contributed by atoms with Crippen LogP contribution in [0.4, 0.5) is 13.2 Å². The third-order valence-electron chi connectivity index (χ3n) is 3.80. The highest BCUT2D eigenvalue weighted by molar-refractivity contribution is 8.00. The predicted molar refractivity (Wildman–Crippen MR) is 89.5 cm³/mol. The molecule has 0 aliphatic carbocycles. The molecule has 3 rings (SSSR count). The third kappa shape index (κ3) is 4.53. The topological polar surface area (TPSA) is 55.3 Å². The number of amides is 1. The molecule has 0 unspecified atom stereocenters. The number of aromatic nitrogens is 2. The van der Waals surface area contributed by atoms with Crippen LogP contribution in [0.1, 0.15) is 16.5 Å². The Kier molecular flexibility index (Phi) is 5.77. The maximum Gasteiger partial charge on any atom is 0.433 e. The van der Waals surface area contributed by atoms with E-state index in [9.17, 15) is 18.0 Å². The van der Waals surface area contributed by atoms with Crippen molar-refractivity contribution in [1.29, 1.82) is 0 Å². The van der Waals surface area contributed by atoms with E-state index in [2.05, 4.69) is 9.97 Å². The quantitative estimate of drug-likeness (QED) is 0.600. The van der Waals surface area contributed by atoms with Crippen molar-refractivity contribution in [3.63, 3.8) is 0 Å². The first kappa shape index (κ1) is 18.7. The molecule has 0 radical (unpaired) electrons. The van der Waals surface area contributed by atoms with Crippen LogP contribution in [-0.4, -0.2) is 47.1 Å². The van der Waals surface area contributed by atoms with Crippen LogP contribution in [0.25, 0.3) is 0 Å². The molecule has 1 aliphatic heterocycles. The summed E-state index contributed by atoms with van der Waals surface area (Å²) >= 11 is 0.920. The zero-order chi connectivity index (χ0) is 18.6. The fourth-order valence-corrected chi connectivity index (χ4v) is 3.53. The summed E-state index contributed by atoms with van der Waals surface area (Å²) in [6.45, 7) is 1.79. The van der Waals surface area contributed by atoms with E-state index in [1.54, 1.807) is 29.2 Å². The number of hydrogen-bond acceptors (Lipinski definition) is 5. The standard InChI is InChI=1S/C17H16F3N3O2S/c18-17(19,20)13-6-7-21-16(22-13)26-14(12-4-2-1-3-5-12)15(24)23-8-10-25-11-9-23/h1-7,14H,8-11H2/t14-/m0/s1. The van der Waals surface area contributed by atoms with E-state index >= 15 is 0 Å². The van der Waals surface area contributed by atoms with Crippen LogP contribution in [-0.2, 0) is 15.7 Å². The lowest BCUT2D eigenvalue weighted by molar-refractivity contribution is -0.141. The number of rotatable bonds is 4. The molecule has 9 heteroatoms. The highest BCUT2D eigenvalue weighted by Crippen LogP contribution is 2.36. The molecule has 1 saturated heterocycles. The molecule has 1 amide bonds. The summed E-state index contributed by atoms with van der Waals surface area (Å²) < 4.78 is 43.9. The monoisotopic (exact) mass is 383 g/mol. The van der Waals surface area contributed by atoms with E-state index in [1.807, 2.05) is 6.07 Å². The largest absolute Gasteiger partial charge is 0.433 e. The molecule has 0 saturated carbocycles. The van der Waals surface area contributed by atoms with Gasteiger partial charge in [0.2, 0.25) is 5.91 Å². The normalized spacial score (nSPS) is 16.3. The first-order valence-electron chi connectivity index (χ1n) is 7.93. The molecule has 0 bridgehead atoms. The number of benzene rings is 1. The molecule has 138 valence electrons. The Morgan fingerprint density at radius 2 is 1.85 bits per heavy atom. The second-order valence-corrected chi connectivity index (χ2v) is 6.64. The summed E-state index contributed by atoms with van der Waals surface area (Å²) in [5.41, 5.74) is -0.337. The molecule has 2 heterocycles. The Hall–Kier alpha value is -2.13. The van der Waals surface area contributed by atoms with Crippen molar-refractivity contribution in [3.8, 4) is 0 Å². The van der Waals surface area contributed by atoms with Gasteiger partial charge in [0.25, 0.3) is 0 Å². The summed E-state index contributed by atoms with van der Waals surface area (Å²) in [5, 5.41) is -0.812. The molecule has 1 aromatic carbocycles. The first-order chi connectivity index (χ1) is 12.4. The van der Waals surface area contributed by atoms with Gasteiger partial charge in [0, 0.05) is 19.3 Å². The fraction of sp³-hybridized carbons (Fsp3) is 0.353. The van der Waals surface area contributed by atoms with Crippen LogP contribution in [0, 0.1) is 0 Å². The number of carbonyl (C=O) groups is 1. The molecule has 26 heavy (non-hydrogen) atoms. The van der Waals surface area contributed by atoms with Gasteiger partial charge in [-0.2, -0.15) is 13.2 Å². The Bertz CT molecular complexity index is 752.